The number of carbonyl (C=O) groups is 1. The first-order valence-electron chi connectivity index (χ1n) is 4.95. The molecule has 0 fully saturated rings. The second kappa shape index (κ2) is 5.80. The number of nitrogens with zero attached hydrogens (tertiary/aromatic N) is 1. The average molecular weight is 294 g/mol. The average Bonchev–Trinajstić information content (AvgIpc) is 2.29. The zero-order valence-electron chi connectivity index (χ0n) is 9.55. The molecule has 0 unspecified atom stereocenters. The fourth-order valence-corrected chi connectivity index (χ4v) is 1.52. The van der Waals surface area contributed by atoms with Gasteiger partial charge in [0.2, 0.25) is 0 Å². The third kappa shape index (κ3) is 3.76. The Bertz CT molecular complexity index is 537. The van der Waals surface area contributed by atoms with E-state index in [4.69, 9.17) is 16.9 Å². The smallest absolute Gasteiger partial charge is 0.462 e. The van der Waals surface area contributed by atoms with Crippen LogP contribution in [0.5, 0.6) is 5.75 Å². The maximum Gasteiger partial charge on any atom is 0.573 e. The minimum absolute atomic E-state index is 0.00954. The van der Waals surface area contributed by atoms with Crippen LogP contribution in [0.1, 0.15) is 22.8 Å². The maximum atomic E-state index is 12.2. The van der Waals surface area contributed by atoms with Gasteiger partial charge in [0.05, 0.1) is 17.2 Å². The highest BCUT2D eigenvalue weighted by Crippen LogP contribution is 2.32. The van der Waals surface area contributed by atoms with Crippen molar-refractivity contribution < 1.29 is 27.4 Å². The van der Waals surface area contributed by atoms with Crippen LogP contribution in [0.2, 0.25) is 5.02 Å². The molecule has 0 N–H and O–H groups in total. The molecule has 0 atom stereocenters. The highest BCUT2D eigenvalue weighted by molar-refractivity contribution is 6.34. The highest BCUT2D eigenvalue weighted by atomic mass is 35.5. The number of alkyl halides is 3. The van der Waals surface area contributed by atoms with Crippen LogP contribution in [-0.4, -0.2) is 18.9 Å². The summed E-state index contributed by atoms with van der Waals surface area (Å²) in [6.07, 6.45) is -4.98. The molecule has 0 aliphatic rings. The van der Waals surface area contributed by atoms with Crippen LogP contribution in [0, 0.1) is 11.3 Å². The first-order chi connectivity index (χ1) is 8.80. The molecule has 1 aromatic carbocycles. The van der Waals surface area contributed by atoms with Gasteiger partial charge in [-0.05, 0) is 19.1 Å². The van der Waals surface area contributed by atoms with E-state index < -0.39 is 29.2 Å². The second-order valence-electron chi connectivity index (χ2n) is 3.18. The lowest BCUT2D eigenvalue weighted by molar-refractivity contribution is -0.274. The zero-order chi connectivity index (χ0) is 14.6. The third-order valence-corrected chi connectivity index (χ3v) is 2.25. The molecule has 0 aliphatic heterocycles. The third-order valence-electron chi connectivity index (χ3n) is 1.93. The largest absolute Gasteiger partial charge is 0.573 e. The van der Waals surface area contributed by atoms with E-state index in [1.165, 1.54) is 13.0 Å². The van der Waals surface area contributed by atoms with Crippen molar-refractivity contribution in [3.05, 3.63) is 28.3 Å². The van der Waals surface area contributed by atoms with Gasteiger partial charge in [0.25, 0.3) is 0 Å². The number of ether oxygens (including phenoxy) is 2. The van der Waals surface area contributed by atoms with E-state index in [1.807, 2.05) is 0 Å². The Kier molecular flexibility index (Phi) is 4.62. The second-order valence-corrected chi connectivity index (χ2v) is 3.58. The Morgan fingerprint density at radius 2 is 2.11 bits per heavy atom. The summed E-state index contributed by atoms with van der Waals surface area (Å²) in [6.45, 7) is 1.50. The van der Waals surface area contributed by atoms with Gasteiger partial charge < -0.3 is 9.47 Å². The van der Waals surface area contributed by atoms with Crippen LogP contribution in [0.15, 0.2) is 12.1 Å². The molecule has 19 heavy (non-hydrogen) atoms. The fraction of sp³-hybridized carbons (Fsp3) is 0.273. The molecule has 0 saturated heterocycles. The number of carbonyl (C=O) groups excluding carboxylic acids is 1. The van der Waals surface area contributed by atoms with Crippen LogP contribution >= 0.6 is 11.6 Å². The standard InChI is InChI=1S/C11H7ClF3NO3/c1-2-18-10(17)9-6(5-16)8(4-3-7(9)12)19-11(13,14)15/h3-4H,2H2,1H3. The Hall–Kier alpha value is -1.94. The molecular weight excluding hydrogens is 287 g/mol. The maximum absolute atomic E-state index is 12.2. The minimum Gasteiger partial charge on any atom is -0.462 e. The van der Waals surface area contributed by atoms with Gasteiger partial charge in [0, 0.05) is 0 Å². The first-order valence-corrected chi connectivity index (χ1v) is 5.33. The molecule has 0 bridgehead atoms. The molecule has 4 nitrogen and oxygen atoms in total. The number of rotatable bonds is 3. The molecule has 0 aromatic heterocycles. The summed E-state index contributed by atoms with van der Waals surface area (Å²) in [5.41, 5.74) is -1.07. The summed E-state index contributed by atoms with van der Waals surface area (Å²) in [4.78, 5) is 11.6. The van der Waals surface area contributed by atoms with Crippen molar-refractivity contribution in [3.63, 3.8) is 0 Å². The van der Waals surface area contributed by atoms with Crippen LogP contribution in [0.4, 0.5) is 13.2 Å². The molecule has 1 rings (SSSR count). The SMILES string of the molecule is CCOC(=O)c1c(Cl)ccc(OC(F)(F)F)c1C#N. The van der Waals surface area contributed by atoms with Crippen LogP contribution in [-0.2, 0) is 4.74 Å². The predicted octanol–water partition coefficient (Wildman–Crippen LogP) is 3.29. The quantitative estimate of drug-likeness (QED) is 0.802. The fourth-order valence-electron chi connectivity index (χ4n) is 1.28. The van der Waals surface area contributed by atoms with E-state index in [9.17, 15) is 18.0 Å². The van der Waals surface area contributed by atoms with Gasteiger partial charge in [-0.3, -0.25) is 0 Å². The van der Waals surface area contributed by atoms with Crippen molar-refractivity contribution in [2.24, 2.45) is 0 Å². The molecule has 0 spiro atoms. The summed E-state index contributed by atoms with van der Waals surface area (Å²) >= 11 is 5.69. The Balaban J connectivity index is 3.35. The molecule has 0 radical (unpaired) electrons. The molecule has 8 heteroatoms. The zero-order valence-corrected chi connectivity index (χ0v) is 10.3. The monoisotopic (exact) mass is 293 g/mol. The lowest BCUT2D eigenvalue weighted by Gasteiger charge is -2.13. The Morgan fingerprint density at radius 3 is 2.58 bits per heavy atom. The molecule has 0 amide bonds. The summed E-state index contributed by atoms with van der Waals surface area (Å²) in [6, 6.07) is 3.34. The van der Waals surface area contributed by atoms with Crippen LogP contribution in [0.25, 0.3) is 0 Å². The highest BCUT2D eigenvalue weighted by Gasteiger charge is 2.33. The van der Waals surface area contributed by atoms with Gasteiger partial charge in [-0.2, -0.15) is 5.26 Å². The van der Waals surface area contributed by atoms with Crippen molar-refractivity contribution in [3.8, 4) is 11.8 Å². The van der Waals surface area contributed by atoms with Crippen LogP contribution < -0.4 is 4.74 Å². The van der Waals surface area contributed by atoms with Gasteiger partial charge in [0.15, 0.2) is 0 Å². The molecule has 102 valence electrons. The van der Waals surface area contributed by atoms with Gasteiger partial charge >= 0.3 is 12.3 Å². The minimum atomic E-state index is -4.98. The van der Waals surface area contributed by atoms with Crippen molar-refractivity contribution in [1.82, 2.24) is 0 Å². The summed E-state index contributed by atoms with van der Waals surface area (Å²) < 4.78 is 44.8. The van der Waals surface area contributed by atoms with Crippen molar-refractivity contribution in [1.29, 1.82) is 5.26 Å². The van der Waals surface area contributed by atoms with E-state index in [2.05, 4.69) is 9.47 Å². The number of halogens is 4. The van der Waals surface area contributed by atoms with E-state index >= 15 is 0 Å². The lowest BCUT2D eigenvalue weighted by Crippen LogP contribution is -2.19. The van der Waals surface area contributed by atoms with Gasteiger partial charge in [-0.1, -0.05) is 11.6 Å². The van der Waals surface area contributed by atoms with Gasteiger partial charge in [-0.25, -0.2) is 4.79 Å². The summed E-state index contributed by atoms with van der Waals surface area (Å²) in [5.74, 6) is -1.79. The summed E-state index contributed by atoms with van der Waals surface area (Å²) in [5, 5.41) is 8.68. The normalized spacial score (nSPS) is 10.7. The molecular formula is C11H7ClF3NO3. The van der Waals surface area contributed by atoms with E-state index in [-0.39, 0.29) is 11.6 Å². The van der Waals surface area contributed by atoms with Crippen LogP contribution in [0.3, 0.4) is 0 Å². The molecule has 0 saturated carbocycles. The number of hydrogen-bond acceptors (Lipinski definition) is 4. The topological polar surface area (TPSA) is 59.3 Å². The van der Waals surface area contributed by atoms with Gasteiger partial charge in [0.1, 0.15) is 17.4 Å². The Morgan fingerprint density at radius 1 is 1.47 bits per heavy atom. The number of esters is 1. The molecule has 1 aromatic rings. The number of benzene rings is 1. The number of hydrogen-bond donors (Lipinski definition) is 0. The van der Waals surface area contributed by atoms with E-state index in [1.54, 1.807) is 0 Å². The lowest BCUT2D eigenvalue weighted by atomic mass is 10.1. The summed E-state index contributed by atoms with van der Waals surface area (Å²) in [7, 11) is 0. The van der Waals surface area contributed by atoms with E-state index in [0.29, 0.717) is 0 Å². The van der Waals surface area contributed by atoms with E-state index in [0.717, 1.165) is 12.1 Å². The van der Waals surface area contributed by atoms with Crippen molar-refractivity contribution in [2.45, 2.75) is 13.3 Å². The van der Waals surface area contributed by atoms with Crippen molar-refractivity contribution in [2.75, 3.05) is 6.61 Å². The Labute approximate surface area is 111 Å². The van der Waals surface area contributed by atoms with Crippen molar-refractivity contribution >= 4 is 17.6 Å². The molecule has 0 aliphatic carbocycles. The van der Waals surface area contributed by atoms with Gasteiger partial charge in [-0.15, -0.1) is 13.2 Å². The molecule has 0 heterocycles. The number of nitriles is 1. The first kappa shape index (κ1) is 15.1. The predicted molar refractivity (Wildman–Crippen MR) is 58.8 cm³/mol.